The molecule has 0 aliphatic rings. The molecule has 4 heteroatoms. The Bertz CT molecular complexity index is 128. The van der Waals surface area contributed by atoms with Gasteiger partial charge in [0.2, 0.25) is 0 Å². The highest BCUT2D eigenvalue weighted by Crippen LogP contribution is 1.90. The van der Waals surface area contributed by atoms with Gasteiger partial charge in [-0.05, 0) is 7.05 Å². The van der Waals surface area contributed by atoms with Crippen LogP contribution in [0.4, 0.5) is 0 Å². The highest BCUT2D eigenvalue weighted by Gasteiger charge is 2.02. The van der Waals surface area contributed by atoms with Crippen molar-refractivity contribution in [3.05, 3.63) is 0 Å². The van der Waals surface area contributed by atoms with Crippen LogP contribution in [0.3, 0.4) is 0 Å². The van der Waals surface area contributed by atoms with E-state index in [-0.39, 0.29) is 0 Å². The van der Waals surface area contributed by atoms with Crippen molar-refractivity contribution in [2.24, 2.45) is 0 Å². The van der Waals surface area contributed by atoms with Crippen LogP contribution in [-0.2, 0) is 9.59 Å². The molecule has 0 aliphatic carbocycles. The molecule has 0 bridgehead atoms. The summed E-state index contributed by atoms with van der Waals surface area (Å²) in [6, 6.07) is 0. The average molecular weight is 186 g/mol. The smallest absolute Gasteiger partial charge is 0.121 e. The first kappa shape index (κ1) is 12.3. The fourth-order valence-corrected chi connectivity index (χ4v) is 1.08. The zero-order valence-corrected chi connectivity index (χ0v) is 8.16. The molecule has 0 saturated carbocycles. The molecule has 0 aliphatic heterocycles. The molecule has 76 valence electrons. The Morgan fingerprint density at radius 1 is 1.08 bits per heavy atom. The van der Waals surface area contributed by atoms with Gasteiger partial charge in [0, 0.05) is 39.0 Å². The molecule has 0 fully saturated rings. The van der Waals surface area contributed by atoms with Crippen LogP contribution in [0.5, 0.6) is 0 Å². The van der Waals surface area contributed by atoms with Crippen LogP contribution >= 0.6 is 0 Å². The van der Waals surface area contributed by atoms with E-state index >= 15 is 0 Å². The molecule has 13 heavy (non-hydrogen) atoms. The van der Waals surface area contributed by atoms with Crippen LogP contribution < -0.4 is 5.32 Å². The summed E-state index contributed by atoms with van der Waals surface area (Å²) in [4.78, 5) is 22.4. The lowest BCUT2D eigenvalue weighted by atomic mass is 10.3. The fourth-order valence-electron chi connectivity index (χ4n) is 1.08. The third kappa shape index (κ3) is 7.62. The molecule has 0 saturated heterocycles. The molecule has 0 aromatic carbocycles. The summed E-state index contributed by atoms with van der Waals surface area (Å²) in [5.41, 5.74) is 0. The minimum atomic E-state index is 0.544. The zero-order chi connectivity index (χ0) is 9.94. The Morgan fingerprint density at radius 3 is 2.00 bits per heavy atom. The van der Waals surface area contributed by atoms with E-state index in [2.05, 4.69) is 10.2 Å². The van der Waals surface area contributed by atoms with Gasteiger partial charge in [-0.15, -0.1) is 0 Å². The molecule has 0 aromatic heterocycles. The number of nitrogens with one attached hydrogen (secondary N) is 1. The number of hydrogen-bond acceptors (Lipinski definition) is 4. The third-order valence-corrected chi connectivity index (χ3v) is 1.80. The van der Waals surface area contributed by atoms with Crippen LogP contribution in [-0.4, -0.2) is 50.7 Å². The predicted octanol–water partition coefficient (Wildman–Crippen LogP) is -0.314. The number of rotatable bonds is 9. The van der Waals surface area contributed by atoms with Gasteiger partial charge in [0.05, 0.1) is 0 Å². The van der Waals surface area contributed by atoms with E-state index < -0.39 is 0 Å². The van der Waals surface area contributed by atoms with Crippen LogP contribution in [0.25, 0.3) is 0 Å². The zero-order valence-electron chi connectivity index (χ0n) is 8.16. The Morgan fingerprint density at radius 2 is 1.62 bits per heavy atom. The molecule has 4 nitrogen and oxygen atoms in total. The van der Waals surface area contributed by atoms with Gasteiger partial charge in [0.25, 0.3) is 0 Å². The number of nitrogens with zero attached hydrogens (tertiary/aromatic N) is 1. The summed E-state index contributed by atoms with van der Waals surface area (Å²) in [7, 11) is 1.89. The molecular formula is C9H18N2O2. The fraction of sp³-hybridized carbons (Fsp3) is 0.778. The number of aldehydes is 2. The molecule has 0 aromatic rings. The highest BCUT2D eigenvalue weighted by atomic mass is 16.1. The molecule has 0 amide bonds. The van der Waals surface area contributed by atoms with Crippen molar-refractivity contribution in [2.45, 2.75) is 12.8 Å². The maximum absolute atomic E-state index is 10.1. The normalized spacial score (nSPS) is 10.3. The SMILES string of the molecule is CNCCN(CCC=O)CCC=O. The second kappa shape index (κ2) is 9.35. The Kier molecular flexibility index (Phi) is 8.82. The highest BCUT2D eigenvalue weighted by molar-refractivity contribution is 5.50. The largest absolute Gasteiger partial charge is 0.318 e. The summed E-state index contributed by atoms with van der Waals surface area (Å²) in [5.74, 6) is 0. The number of hydrogen-bond donors (Lipinski definition) is 1. The summed E-state index contributed by atoms with van der Waals surface area (Å²) in [6.45, 7) is 3.27. The standard InChI is InChI=1S/C9H18N2O2/c1-10-4-7-11(5-2-8-12)6-3-9-13/h8-10H,2-7H2,1H3. The third-order valence-electron chi connectivity index (χ3n) is 1.80. The Hall–Kier alpha value is -0.740. The number of carbonyl (C=O) groups is 2. The molecular weight excluding hydrogens is 168 g/mol. The van der Waals surface area contributed by atoms with Crippen molar-refractivity contribution in [1.29, 1.82) is 0 Å². The van der Waals surface area contributed by atoms with Crippen LogP contribution in [0, 0.1) is 0 Å². The maximum atomic E-state index is 10.1. The Balaban J connectivity index is 3.58. The van der Waals surface area contributed by atoms with Gasteiger partial charge < -0.3 is 19.8 Å². The topological polar surface area (TPSA) is 49.4 Å². The lowest BCUT2D eigenvalue weighted by molar-refractivity contribution is -0.108. The first-order chi connectivity index (χ1) is 6.35. The molecule has 0 spiro atoms. The molecule has 0 radical (unpaired) electrons. The summed E-state index contributed by atoms with van der Waals surface area (Å²) >= 11 is 0. The first-order valence-electron chi connectivity index (χ1n) is 4.59. The van der Waals surface area contributed by atoms with Crippen LogP contribution in [0.1, 0.15) is 12.8 Å². The molecule has 0 heterocycles. The van der Waals surface area contributed by atoms with Crippen molar-refractivity contribution >= 4 is 12.6 Å². The van der Waals surface area contributed by atoms with Crippen LogP contribution in [0.15, 0.2) is 0 Å². The van der Waals surface area contributed by atoms with Gasteiger partial charge in [-0.2, -0.15) is 0 Å². The van der Waals surface area contributed by atoms with E-state index in [4.69, 9.17) is 0 Å². The predicted molar refractivity (Wildman–Crippen MR) is 51.7 cm³/mol. The van der Waals surface area contributed by atoms with E-state index in [0.717, 1.165) is 38.8 Å². The lowest BCUT2D eigenvalue weighted by Gasteiger charge is -2.19. The first-order valence-corrected chi connectivity index (χ1v) is 4.59. The van der Waals surface area contributed by atoms with E-state index in [1.807, 2.05) is 7.05 Å². The number of carbonyl (C=O) groups excluding carboxylic acids is 2. The van der Waals surface area contributed by atoms with Gasteiger partial charge in [-0.25, -0.2) is 0 Å². The summed E-state index contributed by atoms with van der Waals surface area (Å²) < 4.78 is 0. The second-order valence-electron chi connectivity index (χ2n) is 2.86. The van der Waals surface area contributed by atoms with Crippen molar-refractivity contribution in [3.63, 3.8) is 0 Å². The van der Waals surface area contributed by atoms with E-state index in [1.54, 1.807) is 0 Å². The van der Waals surface area contributed by atoms with E-state index in [1.165, 1.54) is 0 Å². The maximum Gasteiger partial charge on any atom is 0.121 e. The minimum Gasteiger partial charge on any atom is -0.318 e. The van der Waals surface area contributed by atoms with Gasteiger partial charge in [0.15, 0.2) is 0 Å². The van der Waals surface area contributed by atoms with Gasteiger partial charge in [0.1, 0.15) is 12.6 Å². The molecule has 0 rings (SSSR count). The van der Waals surface area contributed by atoms with Crippen molar-refractivity contribution in [2.75, 3.05) is 33.2 Å². The summed E-state index contributed by atoms with van der Waals surface area (Å²) in [5, 5.41) is 3.03. The molecule has 0 atom stereocenters. The molecule has 1 N–H and O–H groups in total. The van der Waals surface area contributed by atoms with Gasteiger partial charge >= 0.3 is 0 Å². The van der Waals surface area contributed by atoms with Gasteiger partial charge in [-0.1, -0.05) is 0 Å². The van der Waals surface area contributed by atoms with E-state index in [0.29, 0.717) is 12.8 Å². The molecule has 0 unspecified atom stereocenters. The second-order valence-corrected chi connectivity index (χ2v) is 2.86. The number of likely N-dealkylation sites (N-methyl/N-ethyl adjacent to an activating group) is 1. The average Bonchev–Trinajstić information content (AvgIpc) is 2.17. The van der Waals surface area contributed by atoms with Crippen molar-refractivity contribution in [3.8, 4) is 0 Å². The van der Waals surface area contributed by atoms with Crippen molar-refractivity contribution < 1.29 is 9.59 Å². The van der Waals surface area contributed by atoms with Crippen LogP contribution in [0.2, 0.25) is 0 Å². The lowest BCUT2D eigenvalue weighted by Crippen LogP contribution is -2.32. The van der Waals surface area contributed by atoms with Crippen molar-refractivity contribution in [1.82, 2.24) is 10.2 Å². The van der Waals surface area contributed by atoms with Gasteiger partial charge in [-0.3, -0.25) is 0 Å². The summed E-state index contributed by atoms with van der Waals surface area (Å²) in [6.07, 6.45) is 2.91. The Labute approximate surface area is 79.3 Å². The minimum absolute atomic E-state index is 0.544. The van der Waals surface area contributed by atoms with E-state index in [9.17, 15) is 9.59 Å². The monoisotopic (exact) mass is 186 g/mol. The quantitative estimate of drug-likeness (QED) is 0.502.